The number of pyridine rings is 1. The number of aryl methyl sites for hydroxylation is 1. The van der Waals surface area contributed by atoms with Crippen LogP contribution in [-0.2, 0) is 6.54 Å². The van der Waals surface area contributed by atoms with Gasteiger partial charge in [-0.3, -0.25) is 4.90 Å². The van der Waals surface area contributed by atoms with Crippen LogP contribution in [0.2, 0.25) is 0 Å². The van der Waals surface area contributed by atoms with Gasteiger partial charge in [-0.2, -0.15) is 4.98 Å². The van der Waals surface area contributed by atoms with Gasteiger partial charge in [-0.15, -0.1) is 12.4 Å². The van der Waals surface area contributed by atoms with Gasteiger partial charge in [-0.25, -0.2) is 9.97 Å². The van der Waals surface area contributed by atoms with Crippen LogP contribution in [0, 0.1) is 6.92 Å². The zero-order valence-electron chi connectivity index (χ0n) is 16.6. The molecule has 0 unspecified atom stereocenters. The standard InChI is InChI=1S/C20H22N8O.ClH/c1-13-23-19(29-27-13)15-2-3-16-17(11-15)25-20(24-16)26-18-10-14(4-5-22-18)12-28-8-6-21-7-9-28;/h2-5,10-11,21H,6-9,12H2,1H3,(H2,22,24,25,26);1H. The average Bonchev–Trinajstić information content (AvgIpc) is 3.34. The van der Waals surface area contributed by atoms with E-state index in [4.69, 9.17) is 4.52 Å². The number of aromatic amines is 1. The first-order valence-electron chi connectivity index (χ1n) is 9.68. The third-order valence-electron chi connectivity index (χ3n) is 4.94. The van der Waals surface area contributed by atoms with Gasteiger partial charge >= 0.3 is 0 Å². The van der Waals surface area contributed by atoms with Crippen molar-refractivity contribution >= 4 is 35.2 Å². The predicted octanol–water partition coefficient (Wildman–Crippen LogP) is 2.89. The lowest BCUT2D eigenvalue weighted by molar-refractivity contribution is 0.233. The quantitative estimate of drug-likeness (QED) is 0.447. The maximum absolute atomic E-state index is 5.25. The molecule has 1 aliphatic rings. The summed E-state index contributed by atoms with van der Waals surface area (Å²) in [7, 11) is 0. The number of H-pyrrole nitrogens is 1. The van der Waals surface area contributed by atoms with Crippen LogP contribution in [-0.4, -0.2) is 56.2 Å². The minimum atomic E-state index is 0. The number of piperazine rings is 1. The van der Waals surface area contributed by atoms with Crippen LogP contribution < -0.4 is 10.6 Å². The van der Waals surface area contributed by atoms with Crippen molar-refractivity contribution in [2.45, 2.75) is 13.5 Å². The molecule has 0 bridgehead atoms. The molecule has 3 N–H and O–H groups in total. The molecule has 5 rings (SSSR count). The van der Waals surface area contributed by atoms with Gasteiger partial charge in [0.2, 0.25) is 5.95 Å². The summed E-state index contributed by atoms with van der Waals surface area (Å²) in [5.74, 6) is 2.52. The van der Waals surface area contributed by atoms with Crippen LogP contribution in [0.5, 0.6) is 0 Å². The fourth-order valence-electron chi connectivity index (χ4n) is 3.51. The fraction of sp³-hybridized carbons (Fsp3) is 0.300. The monoisotopic (exact) mass is 426 g/mol. The lowest BCUT2D eigenvalue weighted by atomic mass is 10.2. The number of halogens is 1. The highest BCUT2D eigenvalue weighted by molar-refractivity contribution is 5.85. The van der Waals surface area contributed by atoms with Crippen LogP contribution in [0.15, 0.2) is 41.1 Å². The Hall–Kier alpha value is -3.01. The summed E-state index contributed by atoms with van der Waals surface area (Å²) >= 11 is 0. The van der Waals surface area contributed by atoms with Crippen molar-refractivity contribution in [1.29, 1.82) is 0 Å². The Kier molecular flexibility index (Phi) is 5.93. The Bertz CT molecular complexity index is 1130. The molecule has 0 atom stereocenters. The molecule has 0 amide bonds. The molecule has 4 heterocycles. The molecule has 0 aliphatic carbocycles. The number of rotatable bonds is 5. The molecule has 1 aliphatic heterocycles. The van der Waals surface area contributed by atoms with E-state index in [-0.39, 0.29) is 12.4 Å². The number of anilines is 2. The van der Waals surface area contributed by atoms with Gasteiger partial charge in [0, 0.05) is 44.5 Å². The molecule has 156 valence electrons. The number of fused-ring (bicyclic) bond motifs is 1. The normalized spacial score (nSPS) is 14.6. The molecule has 30 heavy (non-hydrogen) atoms. The Morgan fingerprint density at radius 2 is 2.00 bits per heavy atom. The van der Waals surface area contributed by atoms with E-state index in [1.165, 1.54) is 5.56 Å². The van der Waals surface area contributed by atoms with Gasteiger partial charge in [-0.05, 0) is 42.8 Å². The average molecular weight is 427 g/mol. The largest absolute Gasteiger partial charge is 0.334 e. The Labute approximate surface area is 179 Å². The van der Waals surface area contributed by atoms with Crippen molar-refractivity contribution in [2.24, 2.45) is 0 Å². The first-order valence-corrected chi connectivity index (χ1v) is 9.68. The molecule has 1 aromatic carbocycles. The van der Waals surface area contributed by atoms with Crippen molar-refractivity contribution in [2.75, 3.05) is 31.5 Å². The first kappa shape index (κ1) is 20.3. The maximum atomic E-state index is 5.25. The topological polar surface area (TPSA) is 108 Å². The minimum Gasteiger partial charge on any atom is -0.334 e. The van der Waals surface area contributed by atoms with Crippen LogP contribution in [0.25, 0.3) is 22.5 Å². The second-order valence-corrected chi connectivity index (χ2v) is 7.16. The van der Waals surface area contributed by atoms with Crippen molar-refractivity contribution in [1.82, 2.24) is 35.3 Å². The number of hydrogen-bond acceptors (Lipinski definition) is 8. The number of imidazole rings is 1. The second kappa shape index (κ2) is 8.78. The van der Waals surface area contributed by atoms with Crippen molar-refractivity contribution in [3.63, 3.8) is 0 Å². The lowest BCUT2D eigenvalue weighted by Crippen LogP contribution is -2.42. The maximum Gasteiger partial charge on any atom is 0.257 e. The number of aromatic nitrogens is 5. The van der Waals surface area contributed by atoms with Crippen molar-refractivity contribution in [3.05, 3.63) is 47.9 Å². The molecule has 0 saturated carbocycles. The number of hydrogen-bond donors (Lipinski definition) is 3. The zero-order chi connectivity index (χ0) is 19.6. The summed E-state index contributed by atoms with van der Waals surface area (Å²) in [5.41, 5.74) is 3.82. The number of nitrogens with one attached hydrogen (secondary N) is 3. The van der Waals surface area contributed by atoms with Crippen molar-refractivity contribution < 1.29 is 4.52 Å². The molecule has 9 nitrogen and oxygen atoms in total. The molecular weight excluding hydrogens is 404 g/mol. The molecule has 0 spiro atoms. The van der Waals surface area contributed by atoms with E-state index in [9.17, 15) is 0 Å². The molecule has 1 fully saturated rings. The number of nitrogens with zero attached hydrogens (tertiary/aromatic N) is 5. The van der Waals surface area contributed by atoms with Gasteiger partial charge in [-0.1, -0.05) is 5.16 Å². The van der Waals surface area contributed by atoms with E-state index in [0.29, 0.717) is 17.7 Å². The summed E-state index contributed by atoms with van der Waals surface area (Å²) in [6, 6.07) is 9.94. The lowest BCUT2D eigenvalue weighted by Gasteiger charge is -2.27. The third kappa shape index (κ3) is 4.43. The van der Waals surface area contributed by atoms with E-state index in [2.05, 4.69) is 52.8 Å². The highest BCUT2D eigenvalue weighted by Gasteiger charge is 2.12. The van der Waals surface area contributed by atoms with E-state index < -0.39 is 0 Å². The Morgan fingerprint density at radius 1 is 1.13 bits per heavy atom. The summed E-state index contributed by atoms with van der Waals surface area (Å²) in [6.45, 7) is 6.94. The Morgan fingerprint density at radius 3 is 2.80 bits per heavy atom. The van der Waals surface area contributed by atoms with Gasteiger partial charge in [0.1, 0.15) is 5.82 Å². The van der Waals surface area contributed by atoms with Crippen LogP contribution in [0.1, 0.15) is 11.4 Å². The minimum absolute atomic E-state index is 0. The summed E-state index contributed by atoms with van der Waals surface area (Å²) in [4.78, 5) is 19.0. The molecular formula is C20H23ClN8O. The van der Waals surface area contributed by atoms with Gasteiger partial charge in [0.15, 0.2) is 5.82 Å². The molecule has 0 radical (unpaired) electrons. The van der Waals surface area contributed by atoms with E-state index in [1.54, 1.807) is 6.92 Å². The Balaban J connectivity index is 0.00000218. The molecule has 1 saturated heterocycles. The fourth-order valence-corrected chi connectivity index (χ4v) is 3.51. The first-order chi connectivity index (χ1) is 14.2. The van der Waals surface area contributed by atoms with E-state index >= 15 is 0 Å². The smallest absolute Gasteiger partial charge is 0.257 e. The number of benzene rings is 1. The van der Waals surface area contributed by atoms with Crippen LogP contribution in [0.4, 0.5) is 11.8 Å². The second-order valence-electron chi connectivity index (χ2n) is 7.16. The molecule has 10 heteroatoms. The highest BCUT2D eigenvalue weighted by Crippen LogP contribution is 2.24. The predicted molar refractivity (Wildman–Crippen MR) is 117 cm³/mol. The van der Waals surface area contributed by atoms with Crippen LogP contribution >= 0.6 is 12.4 Å². The summed E-state index contributed by atoms with van der Waals surface area (Å²) in [5, 5.41) is 10.5. The van der Waals surface area contributed by atoms with Crippen LogP contribution in [0.3, 0.4) is 0 Å². The van der Waals surface area contributed by atoms with Crippen molar-refractivity contribution in [3.8, 4) is 11.5 Å². The third-order valence-corrected chi connectivity index (χ3v) is 4.94. The SMILES string of the molecule is Cc1noc(-c2ccc3nc(Nc4cc(CN5CCNCC5)ccn4)[nH]c3c2)n1.Cl. The summed E-state index contributed by atoms with van der Waals surface area (Å²) in [6.07, 6.45) is 1.83. The zero-order valence-corrected chi connectivity index (χ0v) is 17.4. The van der Waals surface area contributed by atoms with E-state index in [1.807, 2.05) is 24.4 Å². The van der Waals surface area contributed by atoms with E-state index in [0.717, 1.165) is 55.1 Å². The summed E-state index contributed by atoms with van der Waals surface area (Å²) < 4.78 is 5.25. The highest BCUT2D eigenvalue weighted by atomic mass is 35.5. The van der Waals surface area contributed by atoms with Gasteiger partial charge < -0.3 is 20.1 Å². The molecule has 3 aromatic heterocycles. The van der Waals surface area contributed by atoms with Gasteiger partial charge in [0.25, 0.3) is 5.89 Å². The van der Waals surface area contributed by atoms with Gasteiger partial charge in [0.05, 0.1) is 11.0 Å². The molecule has 4 aromatic rings.